The van der Waals surface area contributed by atoms with Gasteiger partial charge in [-0.2, -0.15) is 0 Å². The molecule has 1 fully saturated rings. The predicted octanol–water partition coefficient (Wildman–Crippen LogP) is 3.14. The minimum absolute atomic E-state index is 0.0718. The number of ether oxygens (including phenoxy) is 1. The van der Waals surface area contributed by atoms with Crippen molar-refractivity contribution in [3.8, 4) is 5.75 Å². The van der Waals surface area contributed by atoms with E-state index in [-0.39, 0.29) is 5.91 Å². The van der Waals surface area contributed by atoms with Crippen molar-refractivity contribution in [3.63, 3.8) is 0 Å². The third kappa shape index (κ3) is 4.86. The molecule has 0 aliphatic heterocycles. The zero-order chi connectivity index (χ0) is 13.5. The van der Waals surface area contributed by atoms with E-state index in [2.05, 4.69) is 21.2 Å². The number of rotatable bonds is 6. The molecule has 0 heterocycles. The number of hydrogen-bond donors (Lipinski definition) is 1. The van der Waals surface area contributed by atoms with Gasteiger partial charge in [-0.15, -0.1) is 0 Å². The van der Waals surface area contributed by atoms with Gasteiger partial charge in [0.15, 0.2) is 0 Å². The second kappa shape index (κ2) is 7.53. The fraction of sp³-hybridized carbons (Fsp3) is 0.533. The summed E-state index contributed by atoms with van der Waals surface area (Å²) in [6.45, 7) is 1.21. The molecule has 0 spiro atoms. The van der Waals surface area contributed by atoms with Crippen molar-refractivity contribution in [2.75, 3.05) is 13.2 Å². The van der Waals surface area contributed by atoms with E-state index >= 15 is 0 Å². The smallest absolute Gasteiger partial charge is 0.223 e. The molecule has 0 aromatic heterocycles. The second-order valence-corrected chi connectivity index (χ2v) is 6.10. The normalized spacial score (nSPS) is 22.2. The van der Waals surface area contributed by atoms with Crippen molar-refractivity contribution in [2.24, 2.45) is 5.92 Å². The van der Waals surface area contributed by atoms with Gasteiger partial charge in [-0.1, -0.05) is 40.5 Å². The molecular formula is C15H20BrNO2. The Hall–Kier alpha value is -1.03. The number of nitrogens with one attached hydrogen (secondary N) is 1. The molecule has 104 valence electrons. The van der Waals surface area contributed by atoms with Gasteiger partial charge in [-0.3, -0.25) is 4.79 Å². The van der Waals surface area contributed by atoms with E-state index in [0.29, 0.717) is 23.8 Å². The Morgan fingerprint density at radius 2 is 2.11 bits per heavy atom. The minimum atomic E-state index is 0.0718. The van der Waals surface area contributed by atoms with Crippen molar-refractivity contribution in [3.05, 3.63) is 30.3 Å². The van der Waals surface area contributed by atoms with Crippen molar-refractivity contribution in [1.82, 2.24) is 5.32 Å². The van der Waals surface area contributed by atoms with E-state index in [1.54, 1.807) is 0 Å². The van der Waals surface area contributed by atoms with Crippen LogP contribution in [0.3, 0.4) is 0 Å². The first-order chi connectivity index (χ1) is 9.25. The van der Waals surface area contributed by atoms with Crippen molar-refractivity contribution in [1.29, 1.82) is 0 Å². The van der Waals surface area contributed by atoms with Gasteiger partial charge in [0.2, 0.25) is 5.91 Å². The van der Waals surface area contributed by atoms with Gasteiger partial charge in [-0.05, 0) is 30.9 Å². The molecule has 19 heavy (non-hydrogen) atoms. The zero-order valence-corrected chi connectivity index (χ0v) is 12.6. The summed E-state index contributed by atoms with van der Waals surface area (Å²) in [4.78, 5) is 12.3. The summed E-state index contributed by atoms with van der Waals surface area (Å²) < 4.78 is 5.50. The lowest BCUT2D eigenvalue weighted by molar-refractivity contribution is -0.121. The first kappa shape index (κ1) is 14.4. The van der Waals surface area contributed by atoms with Crippen molar-refractivity contribution in [2.45, 2.75) is 30.5 Å². The summed E-state index contributed by atoms with van der Waals surface area (Å²) in [5.74, 6) is 1.47. The summed E-state index contributed by atoms with van der Waals surface area (Å²) in [5.41, 5.74) is 0. The lowest BCUT2D eigenvalue weighted by Gasteiger charge is -2.14. The summed E-state index contributed by atoms with van der Waals surface area (Å²) in [5, 5.41) is 2.99. The maximum atomic E-state index is 11.7. The van der Waals surface area contributed by atoms with Crippen LogP contribution in [0.1, 0.15) is 25.7 Å². The van der Waals surface area contributed by atoms with Gasteiger partial charge >= 0.3 is 0 Å². The standard InChI is InChI=1S/C15H20BrNO2/c16-14-8-4-5-12(14)11-17-15(18)9-10-19-13-6-2-1-3-7-13/h1-3,6-7,12,14H,4-5,8-11H2,(H,17,18). The van der Waals surface area contributed by atoms with E-state index in [9.17, 15) is 4.79 Å². The van der Waals surface area contributed by atoms with Crippen LogP contribution in [-0.4, -0.2) is 23.9 Å². The minimum Gasteiger partial charge on any atom is -0.493 e. The Bertz CT molecular complexity index is 396. The third-order valence-corrected chi connectivity index (χ3v) is 4.67. The quantitative estimate of drug-likeness (QED) is 0.816. The van der Waals surface area contributed by atoms with E-state index in [1.807, 2.05) is 30.3 Å². The molecule has 1 amide bonds. The molecule has 0 radical (unpaired) electrons. The van der Waals surface area contributed by atoms with Crippen molar-refractivity contribution < 1.29 is 9.53 Å². The highest BCUT2D eigenvalue weighted by atomic mass is 79.9. The van der Waals surface area contributed by atoms with Crippen molar-refractivity contribution >= 4 is 21.8 Å². The van der Waals surface area contributed by atoms with E-state index < -0.39 is 0 Å². The van der Waals surface area contributed by atoms with Crippen LogP contribution >= 0.6 is 15.9 Å². The monoisotopic (exact) mass is 325 g/mol. The Kier molecular flexibility index (Phi) is 5.70. The molecule has 0 saturated heterocycles. The molecular weight excluding hydrogens is 306 g/mol. The van der Waals surface area contributed by atoms with Crippen LogP contribution < -0.4 is 10.1 Å². The highest BCUT2D eigenvalue weighted by molar-refractivity contribution is 9.09. The number of para-hydroxylation sites is 1. The Balaban J connectivity index is 1.59. The molecule has 2 atom stereocenters. The number of hydrogen-bond acceptors (Lipinski definition) is 2. The van der Waals surface area contributed by atoms with Crippen LogP contribution in [0.5, 0.6) is 5.75 Å². The predicted molar refractivity (Wildman–Crippen MR) is 79.6 cm³/mol. The third-order valence-electron chi connectivity index (χ3n) is 3.47. The maximum absolute atomic E-state index is 11.7. The van der Waals surface area contributed by atoms with Gasteiger partial charge in [-0.25, -0.2) is 0 Å². The molecule has 1 aromatic rings. The topological polar surface area (TPSA) is 38.3 Å². The molecule has 1 aromatic carbocycles. The van der Waals surface area contributed by atoms with Crippen LogP contribution in [0.4, 0.5) is 0 Å². The number of benzene rings is 1. The van der Waals surface area contributed by atoms with Crippen LogP contribution in [0.2, 0.25) is 0 Å². The first-order valence-electron chi connectivity index (χ1n) is 6.84. The van der Waals surface area contributed by atoms with Gasteiger partial charge < -0.3 is 10.1 Å². The number of alkyl halides is 1. The number of carbonyl (C=O) groups is 1. The van der Waals surface area contributed by atoms with Crippen LogP contribution in [0.15, 0.2) is 30.3 Å². The first-order valence-corrected chi connectivity index (χ1v) is 7.76. The highest BCUT2D eigenvalue weighted by Gasteiger charge is 2.24. The number of carbonyl (C=O) groups excluding carboxylic acids is 1. The average Bonchev–Trinajstić information content (AvgIpc) is 2.83. The largest absolute Gasteiger partial charge is 0.493 e. The van der Waals surface area contributed by atoms with Crippen LogP contribution in [-0.2, 0) is 4.79 Å². The summed E-state index contributed by atoms with van der Waals surface area (Å²) in [7, 11) is 0. The number of halogens is 1. The Morgan fingerprint density at radius 3 is 2.79 bits per heavy atom. The molecule has 2 unspecified atom stereocenters. The molecule has 0 bridgehead atoms. The van der Waals surface area contributed by atoms with Crippen LogP contribution in [0, 0.1) is 5.92 Å². The SMILES string of the molecule is O=C(CCOc1ccccc1)NCC1CCCC1Br. The Labute approximate surface area is 122 Å². The van der Waals surface area contributed by atoms with Gasteiger partial charge in [0.25, 0.3) is 0 Å². The summed E-state index contributed by atoms with van der Waals surface area (Å²) >= 11 is 3.66. The molecule has 1 aliphatic rings. The summed E-state index contributed by atoms with van der Waals surface area (Å²) in [6.07, 6.45) is 4.09. The molecule has 3 nitrogen and oxygen atoms in total. The second-order valence-electron chi connectivity index (χ2n) is 4.92. The molecule has 1 saturated carbocycles. The molecule has 4 heteroatoms. The van der Waals surface area contributed by atoms with E-state index in [0.717, 1.165) is 12.3 Å². The fourth-order valence-corrected chi connectivity index (χ4v) is 3.11. The van der Waals surface area contributed by atoms with Crippen LogP contribution in [0.25, 0.3) is 0 Å². The molecule has 1 aliphatic carbocycles. The maximum Gasteiger partial charge on any atom is 0.223 e. The fourth-order valence-electron chi connectivity index (χ4n) is 2.33. The average molecular weight is 326 g/mol. The summed E-state index contributed by atoms with van der Waals surface area (Å²) in [6, 6.07) is 9.58. The van der Waals surface area contributed by atoms with E-state index in [1.165, 1.54) is 19.3 Å². The van der Waals surface area contributed by atoms with Gasteiger partial charge in [0, 0.05) is 11.4 Å². The Morgan fingerprint density at radius 1 is 1.32 bits per heavy atom. The lowest BCUT2D eigenvalue weighted by Crippen LogP contribution is -2.31. The lowest BCUT2D eigenvalue weighted by atomic mass is 10.1. The van der Waals surface area contributed by atoms with Gasteiger partial charge in [0.1, 0.15) is 5.75 Å². The number of amides is 1. The van der Waals surface area contributed by atoms with Gasteiger partial charge in [0.05, 0.1) is 13.0 Å². The molecule has 2 rings (SSSR count). The highest BCUT2D eigenvalue weighted by Crippen LogP contribution is 2.30. The zero-order valence-electron chi connectivity index (χ0n) is 11.0. The van der Waals surface area contributed by atoms with E-state index in [4.69, 9.17) is 4.74 Å². The molecule has 1 N–H and O–H groups in total.